The number of aryl methyl sites for hydroxylation is 1. The largest absolute Gasteiger partial charge is 0.493 e. The van der Waals surface area contributed by atoms with Crippen LogP contribution in [-0.4, -0.2) is 47.4 Å². The minimum atomic E-state index is -4.31. The first-order valence-electron chi connectivity index (χ1n) is 11.7. The van der Waals surface area contributed by atoms with E-state index in [1.807, 2.05) is 12.1 Å². The van der Waals surface area contributed by atoms with Gasteiger partial charge in [0.25, 0.3) is 10.0 Å². The third-order valence-electron chi connectivity index (χ3n) is 5.66. The van der Waals surface area contributed by atoms with Crippen LogP contribution in [0.4, 0.5) is 10.1 Å². The molecule has 0 atom stereocenters. The van der Waals surface area contributed by atoms with Crippen LogP contribution in [0.25, 0.3) is 0 Å². The van der Waals surface area contributed by atoms with Crippen molar-refractivity contribution in [1.82, 2.24) is 5.32 Å². The molecule has 7 nitrogen and oxygen atoms in total. The van der Waals surface area contributed by atoms with Crippen molar-refractivity contribution in [3.05, 3.63) is 83.7 Å². The molecule has 0 aliphatic carbocycles. The highest BCUT2D eigenvalue weighted by molar-refractivity contribution is 7.98. The van der Waals surface area contributed by atoms with E-state index in [9.17, 15) is 17.6 Å². The smallest absolute Gasteiger partial charge is 0.265 e. The van der Waals surface area contributed by atoms with Crippen LogP contribution in [0.3, 0.4) is 0 Å². The maximum atomic E-state index is 14.7. The summed E-state index contributed by atoms with van der Waals surface area (Å²) < 4.78 is 52.9. The second-order valence-electron chi connectivity index (χ2n) is 8.16. The maximum absolute atomic E-state index is 14.7. The predicted octanol–water partition coefficient (Wildman–Crippen LogP) is 4.79. The van der Waals surface area contributed by atoms with Gasteiger partial charge in [-0.1, -0.05) is 36.4 Å². The first-order valence-corrected chi connectivity index (χ1v) is 14.3. The zero-order chi connectivity index (χ0) is 26.8. The first kappa shape index (κ1) is 28.3. The number of anilines is 1. The number of hydrogen-bond acceptors (Lipinski definition) is 6. The number of amides is 1. The molecule has 0 spiro atoms. The van der Waals surface area contributed by atoms with Crippen LogP contribution in [0.5, 0.6) is 11.5 Å². The molecule has 0 bridgehead atoms. The SMILES string of the molecule is COc1ccc(S(=O)(=O)N(CC(=O)NCCCSCc2ccccc2C)c2ccccc2F)cc1OC. The van der Waals surface area contributed by atoms with Crippen molar-refractivity contribution < 1.29 is 27.1 Å². The number of nitrogens with one attached hydrogen (secondary N) is 1. The molecule has 0 aromatic heterocycles. The molecule has 1 N–H and O–H groups in total. The van der Waals surface area contributed by atoms with Crippen molar-refractivity contribution in [2.24, 2.45) is 0 Å². The van der Waals surface area contributed by atoms with Crippen molar-refractivity contribution in [3.8, 4) is 11.5 Å². The van der Waals surface area contributed by atoms with Gasteiger partial charge in [-0.3, -0.25) is 9.10 Å². The molecule has 0 unspecified atom stereocenters. The average Bonchev–Trinajstić information content (AvgIpc) is 2.90. The van der Waals surface area contributed by atoms with Gasteiger partial charge in [0.1, 0.15) is 12.4 Å². The number of halogens is 1. The number of rotatable bonds is 13. The fraction of sp³-hybridized carbons (Fsp3) is 0.296. The Hall–Kier alpha value is -3.24. The Balaban J connectivity index is 1.67. The number of carbonyl (C=O) groups excluding carboxylic acids is 1. The monoisotopic (exact) mass is 546 g/mol. The van der Waals surface area contributed by atoms with Crippen molar-refractivity contribution in [3.63, 3.8) is 0 Å². The van der Waals surface area contributed by atoms with E-state index >= 15 is 0 Å². The molecule has 10 heteroatoms. The van der Waals surface area contributed by atoms with Crippen LogP contribution in [0, 0.1) is 12.7 Å². The Kier molecular flexibility index (Phi) is 10.2. The molecule has 3 aromatic rings. The molecule has 0 saturated heterocycles. The lowest BCUT2D eigenvalue weighted by Gasteiger charge is -2.25. The number of nitrogens with zero attached hydrogens (tertiary/aromatic N) is 1. The molecule has 3 rings (SSSR count). The maximum Gasteiger partial charge on any atom is 0.265 e. The van der Waals surface area contributed by atoms with E-state index in [2.05, 4.69) is 24.4 Å². The van der Waals surface area contributed by atoms with Crippen molar-refractivity contribution in [2.45, 2.75) is 24.0 Å². The Morgan fingerprint density at radius 3 is 2.41 bits per heavy atom. The van der Waals surface area contributed by atoms with Gasteiger partial charge in [0, 0.05) is 18.4 Å². The molecule has 0 fully saturated rings. The van der Waals surface area contributed by atoms with E-state index in [0.717, 1.165) is 21.9 Å². The summed E-state index contributed by atoms with van der Waals surface area (Å²) in [6.07, 6.45) is 0.713. The quantitative estimate of drug-likeness (QED) is 0.311. The Morgan fingerprint density at radius 2 is 1.70 bits per heavy atom. The van der Waals surface area contributed by atoms with Crippen molar-refractivity contribution in [1.29, 1.82) is 0 Å². The molecule has 37 heavy (non-hydrogen) atoms. The standard InChI is InChI=1S/C27H31FN2O5S2/c1-20-9-4-5-10-21(20)19-36-16-8-15-29-27(31)18-30(24-12-7-6-11-23(24)28)37(32,33)22-13-14-25(34-2)26(17-22)35-3/h4-7,9-14,17H,8,15-16,18-19H2,1-3H3,(H,29,31). The van der Waals surface area contributed by atoms with Gasteiger partial charge in [0.05, 0.1) is 24.8 Å². The van der Waals surface area contributed by atoms with Crippen molar-refractivity contribution >= 4 is 33.4 Å². The molecule has 3 aromatic carbocycles. The second-order valence-corrected chi connectivity index (χ2v) is 11.1. The molecule has 0 aliphatic rings. The predicted molar refractivity (Wildman–Crippen MR) is 145 cm³/mol. The zero-order valence-corrected chi connectivity index (χ0v) is 22.7. The van der Waals surface area contributed by atoms with Crippen LogP contribution in [-0.2, 0) is 20.6 Å². The normalized spacial score (nSPS) is 11.1. The van der Waals surface area contributed by atoms with Gasteiger partial charge < -0.3 is 14.8 Å². The van der Waals surface area contributed by atoms with Crippen LogP contribution < -0.4 is 19.1 Å². The number of carbonyl (C=O) groups is 1. The third kappa shape index (κ3) is 7.39. The van der Waals surface area contributed by atoms with Crippen LogP contribution in [0.15, 0.2) is 71.6 Å². The lowest BCUT2D eigenvalue weighted by Crippen LogP contribution is -2.41. The van der Waals surface area contributed by atoms with Gasteiger partial charge in [-0.25, -0.2) is 12.8 Å². The van der Waals surface area contributed by atoms with E-state index in [4.69, 9.17) is 9.47 Å². The first-order chi connectivity index (χ1) is 17.8. The second kappa shape index (κ2) is 13.3. The van der Waals surface area contributed by atoms with Gasteiger partial charge in [-0.2, -0.15) is 11.8 Å². The number of sulfonamides is 1. The fourth-order valence-electron chi connectivity index (χ4n) is 3.60. The van der Waals surface area contributed by atoms with Gasteiger partial charge in [0.15, 0.2) is 11.5 Å². The highest BCUT2D eigenvalue weighted by Gasteiger charge is 2.30. The summed E-state index contributed by atoms with van der Waals surface area (Å²) in [5.74, 6) is 0.964. The molecular weight excluding hydrogens is 515 g/mol. The summed E-state index contributed by atoms with van der Waals surface area (Å²) in [5, 5.41) is 2.75. The number of methoxy groups -OCH3 is 2. The number of benzene rings is 3. The summed E-state index contributed by atoms with van der Waals surface area (Å²) in [4.78, 5) is 12.6. The average molecular weight is 547 g/mol. The minimum Gasteiger partial charge on any atom is -0.493 e. The highest BCUT2D eigenvalue weighted by Crippen LogP contribution is 2.32. The minimum absolute atomic E-state index is 0.159. The van der Waals surface area contributed by atoms with Crippen LogP contribution in [0.1, 0.15) is 17.5 Å². The van der Waals surface area contributed by atoms with E-state index in [1.54, 1.807) is 11.8 Å². The summed E-state index contributed by atoms with van der Waals surface area (Å²) in [6.45, 7) is 1.88. The topological polar surface area (TPSA) is 84.9 Å². The summed E-state index contributed by atoms with van der Waals surface area (Å²) in [5.41, 5.74) is 2.30. The number of ether oxygens (including phenoxy) is 2. The number of para-hydroxylation sites is 1. The third-order valence-corrected chi connectivity index (χ3v) is 8.51. The van der Waals surface area contributed by atoms with E-state index in [1.165, 1.54) is 61.7 Å². The summed E-state index contributed by atoms with van der Waals surface area (Å²) in [7, 11) is -1.49. The number of hydrogen-bond donors (Lipinski definition) is 1. The lowest BCUT2D eigenvalue weighted by atomic mass is 10.1. The number of thioether (sulfide) groups is 1. The molecular formula is C27H31FN2O5S2. The molecule has 198 valence electrons. The van der Waals surface area contributed by atoms with E-state index < -0.39 is 28.3 Å². The Labute approximate surface area is 222 Å². The van der Waals surface area contributed by atoms with Gasteiger partial charge in [0.2, 0.25) is 5.91 Å². The Bertz CT molecular complexity index is 1320. The van der Waals surface area contributed by atoms with E-state index in [0.29, 0.717) is 18.7 Å². The van der Waals surface area contributed by atoms with Gasteiger partial charge in [-0.05, 0) is 54.5 Å². The molecule has 1 amide bonds. The summed E-state index contributed by atoms with van der Waals surface area (Å²) >= 11 is 1.76. The lowest BCUT2D eigenvalue weighted by molar-refractivity contribution is -0.119. The highest BCUT2D eigenvalue weighted by atomic mass is 32.2. The molecule has 0 heterocycles. The van der Waals surface area contributed by atoms with Gasteiger partial charge >= 0.3 is 0 Å². The van der Waals surface area contributed by atoms with Gasteiger partial charge in [-0.15, -0.1) is 0 Å². The van der Waals surface area contributed by atoms with Crippen LogP contribution >= 0.6 is 11.8 Å². The van der Waals surface area contributed by atoms with Crippen LogP contribution in [0.2, 0.25) is 0 Å². The zero-order valence-electron chi connectivity index (χ0n) is 21.1. The molecule has 0 aliphatic heterocycles. The Morgan fingerprint density at radius 1 is 1.00 bits per heavy atom. The molecule has 0 saturated carbocycles. The molecule has 0 radical (unpaired) electrons. The van der Waals surface area contributed by atoms with E-state index in [-0.39, 0.29) is 16.3 Å². The summed E-state index contributed by atoms with van der Waals surface area (Å²) in [6, 6.07) is 17.7. The fourth-order valence-corrected chi connectivity index (χ4v) is 6.08. The van der Waals surface area contributed by atoms with Crippen molar-refractivity contribution in [2.75, 3.05) is 37.4 Å².